The molecule has 2 N–H and O–H groups in total. The van der Waals surface area contributed by atoms with E-state index in [1.54, 1.807) is 6.07 Å². The Bertz CT molecular complexity index is 570. The number of anilines is 1. The van der Waals surface area contributed by atoms with Gasteiger partial charge in [0.25, 0.3) is 0 Å². The number of benzene rings is 2. The first-order valence-electron chi connectivity index (χ1n) is 6.12. The topological polar surface area (TPSA) is 43.1 Å². The van der Waals surface area contributed by atoms with Crippen LogP contribution in [-0.2, 0) is 6.42 Å². The van der Waals surface area contributed by atoms with Crippen LogP contribution in [0, 0.1) is 6.92 Å². The molecular weight excluding hydrogens is 222 g/mol. The van der Waals surface area contributed by atoms with E-state index in [1.807, 2.05) is 43.3 Å². The van der Waals surface area contributed by atoms with Crippen molar-refractivity contribution >= 4 is 11.5 Å². The van der Waals surface area contributed by atoms with Crippen LogP contribution in [0.5, 0.6) is 0 Å². The highest BCUT2D eigenvalue weighted by atomic mass is 16.1. The molecule has 0 amide bonds. The van der Waals surface area contributed by atoms with Gasteiger partial charge in [0.1, 0.15) is 0 Å². The minimum absolute atomic E-state index is 0.0150. The van der Waals surface area contributed by atoms with Gasteiger partial charge in [0.05, 0.1) is 0 Å². The van der Waals surface area contributed by atoms with Crippen molar-refractivity contribution in [3.63, 3.8) is 0 Å². The number of hydrogen-bond donors (Lipinski definition) is 1. The van der Waals surface area contributed by atoms with Crippen molar-refractivity contribution in [2.45, 2.75) is 20.3 Å². The predicted octanol–water partition coefficient (Wildman–Crippen LogP) is 3.37. The third-order valence-electron chi connectivity index (χ3n) is 3.19. The normalized spacial score (nSPS) is 10.3. The molecule has 2 rings (SSSR count). The fourth-order valence-corrected chi connectivity index (χ4v) is 1.93. The second-order valence-corrected chi connectivity index (χ2v) is 4.42. The molecule has 0 aliphatic heterocycles. The summed E-state index contributed by atoms with van der Waals surface area (Å²) < 4.78 is 0. The van der Waals surface area contributed by atoms with Crippen molar-refractivity contribution < 1.29 is 4.79 Å². The lowest BCUT2D eigenvalue weighted by Crippen LogP contribution is -2.06. The number of rotatable bonds is 3. The Morgan fingerprint density at radius 3 is 2.39 bits per heavy atom. The minimum Gasteiger partial charge on any atom is -0.398 e. The Morgan fingerprint density at radius 2 is 1.78 bits per heavy atom. The molecule has 2 nitrogen and oxygen atoms in total. The van der Waals surface area contributed by atoms with E-state index >= 15 is 0 Å². The fourth-order valence-electron chi connectivity index (χ4n) is 1.93. The molecular formula is C16H17NO. The zero-order valence-corrected chi connectivity index (χ0v) is 10.7. The molecule has 0 aliphatic carbocycles. The van der Waals surface area contributed by atoms with Gasteiger partial charge in [0.2, 0.25) is 0 Å². The van der Waals surface area contributed by atoms with Crippen molar-refractivity contribution in [2.24, 2.45) is 0 Å². The van der Waals surface area contributed by atoms with Crippen molar-refractivity contribution in [1.29, 1.82) is 0 Å². The second-order valence-electron chi connectivity index (χ2n) is 4.42. The number of hydrogen-bond acceptors (Lipinski definition) is 2. The van der Waals surface area contributed by atoms with E-state index in [4.69, 9.17) is 5.73 Å². The van der Waals surface area contributed by atoms with E-state index in [0.717, 1.165) is 12.0 Å². The highest BCUT2D eigenvalue weighted by Gasteiger charge is 2.12. The first-order valence-corrected chi connectivity index (χ1v) is 6.12. The maximum atomic E-state index is 12.3. The maximum Gasteiger partial charge on any atom is 0.195 e. The molecule has 0 atom stereocenters. The Labute approximate surface area is 107 Å². The zero-order chi connectivity index (χ0) is 13.1. The van der Waals surface area contributed by atoms with Gasteiger partial charge in [0.15, 0.2) is 5.78 Å². The molecule has 0 saturated heterocycles. The fraction of sp³-hybridized carbons (Fsp3) is 0.188. The predicted molar refractivity (Wildman–Crippen MR) is 74.8 cm³/mol. The Hall–Kier alpha value is -2.09. The SMILES string of the molecule is CCc1ccc(C(=O)c2cccc(C)c2N)cc1. The van der Waals surface area contributed by atoms with Crippen LogP contribution in [0.3, 0.4) is 0 Å². The summed E-state index contributed by atoms with van der Waals surface area (Å²) in [5.41, 5.74) is 9.96. The summed E-state index contributed by atoms with van der Waals surface area (Å²) in [7, 11) is 0. The van der Waals surface area contributed by atoms with Crippen LogP contribution in [0.15, 0.2) is 42.5 Å². The summed E-state index contributed by atoms with van der Waals surface area (Å²) in [5.74, 6) is -0.0150. The number of para-hydroxylation sites is 1. The number of carbonyl (C=O) groups is 1. The minimum atomic E-state index is -0.0150. The molecule has 0 aromatic heterocycles. The first kappa shape index (κ1) is 12.4. The third kappa shape index (κ3) is 2.28. The Kier molecular flexibility index (Phi) is 3.47. The van der Waals surface area contributed by atoms with E-state index in [1.165, 1.54) is 5.56 Å². The number of ketones is 1. The summed E-state index contributed by atoms with van der Waals surface area (Å²) in [6.45, 7) is 4.00. The highest BCUT2D eigenvalue weighted by Crippen LogP contribution is 2.20. The highest BCUT2D eigenvalue weighted by molar-refractivity contribution is 6.12. The number of nitrogens with two attached hydrogens (primary N) is 1. The van der Waals surface area contributed by atoms with Gasteiger partial charge >= 0.3 is 0 Å². The van der Waals surface area contributed by atoms with E-state index < -0.39 is 0 Å². The molecule has 18 heavy (non-hydrogen) atoms. The number of aryl methyl sites for hydroxylation is 2. The summed E-state index contributed by atoms with van der Waals surface area (Å²) in [6.07, 6.45) is 0.973. The Morgan fingerprint density at radius 1 is 1.11 bits per heavy atom. The van der Waals surface area contributed by atoms with E-state index in [9.17, 15) is 4.79 Å². The molecule has 0 spiro atoms. The van der Waals surface area contributed by atoms with Crippen molar-refractivity contribution in [2.75, 3.05) is 5.73 Å². The quantitative estimate of drug-likeness (QED) is 0.659. The van der Waals surface area contributed by atoms with E-state index in [-0.39, 0.29) is 5.78 Å². The van der Waals surface area contributed by atoms with Crippen LogP contribution in [-0.4, -0.2) is 5.78 Å². The molecule has 2 aromatic carbocycles. The van der Waals surface area contributed by atoms with Crippen molar-refractivity contribution in [1.82, 2.24) is 0 Å². The molecule has 2 heteroatoms. The van der Waals surface area contributed by atoms with Crippen LogP contribution in [0.4, 0.5) is 5.69 Å². The summed E-state index contributed by atoms with van der Waals surface area (Å²) >= 11 is 0. The monoisotopic (exact) mass is 239 g/mol. The first-order chi connectivity index (χ1) is 8.63. The maximum absolute atomic E-state index is 12.3. The molecule has 0 heterocycles. The van der Waals surface area contributed by atoms with E-state index in [0.29, 0.717) is 16.8 Å². The van der Waals surface area contributed by atoms with Gasteiger partial charge in [-0.25, -0.2) is 0 Å². The van der Waals surface area contributed by atoms with Gasteiger partial charge in [-0.1, -0.05) is 43.3 Å². The number of nitrogen functional groups attached to an aromatic ring is 1. The summed E-state index contributed by atoms with van der Waals surface area (Å²) in [5, 5.41) is 0. The average Bonchev–Trinajstić information content (AvgIpc) is 2.41. The van der Waals surface area contributed by atoms with Gasteiger partial charge in [-0.3, -0.25) is 4.79 Å². The van der Waals surface area contributed by atoms with Crippen LogP contribution < -0.4 is 5.73 Å². The second kappa shape index (κ2) is 5.05. The molecule has 0 fully saturated rings. The van der Waals surface area contributed by atoms with E-state index in [2.05, 4.69) is 6.92 Å². The molecule has 0 radical (unpaired) electrons. The molecule has 0 unspecified atom stereocenters. The van der Waals surface area contributed by atoms with Gasteiger partial charge in [-0.05, 0) is 30.5 Å². The molecule has 0 saturated carbocycles. The molecule has 0 aliphatic rings. The van der Waals surface area contributed by atoms with Gasteiger partial charge in [-0.15, -0.1) is 0 Å². The molecule has 0 bridgehead atoms. The number of carbonyl (C=O) groups excluding carboxylic acids is 1. The van der Waals surface area contributed by atoms with Crippen LogP contribution >= 0.6 is 0 Å². The van der Waals surface area contributed by atoms with Crippen LogP contribution in [0.1, 0.15) is 34.0 Å². The van der Waals surface area contributed by atoms with Crippen LogP contribution in [0.2, 0.25) is 0 Å². The van der Waals surface area contributed by atoms with Crippen LogP contribution in [0.25, 0.3) is 0 Å². The average molecular weight is 239 g/mol. The standard InChI is InChI=1S/C16H17NO/c1-3-12-7-9-13(10-8-12)16(18)14-6-4-5-11(2)15(14)17/h4-10H,3,17H2,1-2H3. The lowest BCUT2D eigenvalue weighted by Gasteiger charge is -2.07. The van der Waals surface area contributed by atoms with Crippen molar-refractivity contribution in [3.8, 4) is 0 Å². The molecule has 2 aromatic rings. The van der Waals surface area contributed by atoms with Gasteiger partial charge in [-0.2, -0.15) is 0 Å². The molecule has 92 valence electrons. The summed E-state index contributed by atoms with van der Waals surface area (Å²) in [6, 6.07) is 13.2. The smallest absolute Gasteiger partial charge is 0.195 e. The lowest BCUT2D eigenvalue weighted by atomic mass is 9.98. The van der Waals surface area contributed by atoms with Crippen molar-refractivity contribution in [3.05, 3.63) is 64.7 Å². The third-order valence-corrected chi connectivity index (χ3v) is 3.19. The van der Waals surface area contributed by atoms with Gasteiger partial charge < -0.3 is 5.73 Å². The van der Waals surface area contributed by atoms with Gasteiger partial charge in [0, 0.05) is 16.8 Å². The largest absolute Gasteiger partial charge is 0.398 e. The summed E-state index contributed by atoms with van der Waals surface area (Å²) in [4.78, 5) is 12.3. The lowest BCUT2D eigenvalue weighted by molar-refractivity contribution is 0.103. The Balaban J connectivity index is 2.38. The zero-order valence-electron chi connectivity index (χ0n) is 10.7.